The topological polar surface area (TPSA) is 110 Å². The average Bonchev–Trinajstić information content (AvgIpc) is 3.28. The minimum atomic E-state index is -0.289. The van der Waals surface area contributed by atoms with Gasteiger partial charge in [-0.05, 0) is 61.1 Å². The van der Waals surface area contributed by atoms with Gasteiger partial charge in [0.15, 0.2) is 11.5 Å². The Hall–Kier alpha value is -4.67. The predicted molar refractivity (Wildman–Crippen MR) is 158 cm³/mol. The number of hydrogen-bond acceptors (Lipinski definition) is 8. The maximum Gasteiger partial charge on any atom is 0.409 e. The van der Waals surface area contributed by atoms with Gasteiger partial charge in [0.2, 0.25) is 5.95 Å². The first-order valence-corrected chi connectivity index (χ1v) is 14.0. The lowest BCUT2D eigenvalue weighted by atomic mass is 9.88. The zero-order valence-corrected chi connectivity index (χ0v) is 23.4. The summed E-state index contributed by atoms with van der Waals surface area (Å²) in [6.45, 7) is 9.07. The molecular weight excluding hydrogens is 520 g/mol. The second-order valence-corrected chi connectivity index (χ2v) is 10.5. The van der Waals surface area contributed by atoms with E-state index in [2.05, 4.69) is 34.8 Å². The van der Waals surface area contributed by atoms with Crippen molar-refractivity contribution in [3.63, 3.8) is 0 Å². The summed E-state index contributed by atoms with van der Waals surface area (Å²) in [5, 5.41) is 3.70. The molecule has 4 heterocycles. The monoisotopic (exact) mass is 554 g/mol. The zero-order chi connectivity index (χ0) is 28.5. The number of nitrogens with zero attached hydrogens (tertiary/aromatic N) is 7. The molecule has 3 aromatic heterocycles. The van der Waals surface area contributed by atoms with Crippen molar-refractivity contribution in [2.75, 3.05) is 43.5 Å². The van der Waals surface area contributed by atoms with Crippen LogP contribution in [0, 0.1) is 0 Å². The molecule has 212 valence electrons. The summed E-state index contributed by atoms with van der Waals surface area (Å²) in [7, 11) is 1.41. The molecular formula is C30H34N8O3. The van der Waals surface area contributed by atoms with E-state index >= 15 is 0 Å². The fourth-order valence-corrected chi connectivity index (χ4v) is 5.75. The number of carbonyl (C=O) groups excluding carboxylic acids is 1. The molecule has 11 nitrogen and oxygen atoms in total. The number of allylic oxidation sites excluding steroid dienone is 1. The number of fused-ring (bicyclic) bond motifs is 2. The molecule has 1 amide bonds. The van der Waals surface area contributed by atoms with Gasteiger partial charge in [-0.1, -0.05) is 19.1 Å². The van der Waals surface area contributed by atoms with Gasteiger partial charge < -0.3 is 19.9 Å². The number of methoxy groups -OCH3 is 1. The fraction of sp³-hybridized carbons (Fsp3) is 0.367. The molecule has 1 aliphatic heterocycles. The van der Waals surface area contributed by atoms with Crippen molar-refractivity contribution in [1.29, 1.82) is 0 Å². The number of rotatable bonds is 6. The van der Waals surface area contributed by atoms with Crippen LogP contribution in [0.5, 0.6) is 0 Å². The molecule has 41 heavy (non-hydrogen) atoms. The third kappa shape index (κ3) is 5.03. The molecule has 0 spiro atoms. The molecule has 1 aromatic carbocycles. The van der Waals surface area contributed by atoms with Crippen LogP contribution in [0.1, 0.15) is 36.9 Å². The summed E-state index contributed by atoms with van der Waals surface area (Å²) in [5.41, 5.74) is 4.56. The van der Waals surface area contributed by atoms with Gasteiger partial charge in [0.1, 0.15) is 5.39 Å². The Morgan fingerprint density at radius 2 is 1.90 bits per heavy atom. The van der Waals surface area contributed by atoms with Crippen LogP contribution >= 0.6 is 0 Å². The van der Waals surface area contributed by atoms with Gasteiger partial charge in [-0.3, -0.25) is 4.79 Å². The summed E-state index contributed by atoms with van der Waals surface area (Å²) >= 11 is 0. The Labute approximate surface area is 238 Å². The molecule has 2 aliphatic rings. The van der Waals surface area contributed by atoms with Gasteiger partial charge in [0, 0.05) is 49.4 Å². The average molecular weight is 555 g/mol. The van der Waals surface area contributed by atoms with E-state index in [0.717, 1.165) is 49.4 Å². The van der Waals surface area contributed by atoms with E-state index in [1.165, 1.54) is 12.7 Å². The van der Waals surface area contributed by atoms with Crippen LogP contribution in [0.2, 0.25) is 0 Å². The van der Waals surface area contributed by atoms with E-state index in [1.807, 2.05) is 30.3 Å². The maximum absolute atomic E-state index is 13.3. The van der Waals surface area contributed by atoms with Gasteiger partial charge in [-0.25, -0.2) is 24.1 Å². The van der Waals surface area contributed by atoms with E-state index in [0.29, 0.717) is 48.4 Å². The smallest absolute Gasteiger partial charge is 0.409 e. The Balaban J connectivity index is 1.28. The van der Waals surface area contributed by atoms with Crippen molar-refractivity contribution < 1.29 is 9.53 Å². The minimum Gasteiger partial charge on any atom is -0.453 e. The molecule has 1 fully saturated rings. The lowest BCUT2D eigenvalue weighted by Gasteiger charge is -2.35. The van der Waals surface area contributed by atoms with Crippen molar-refractivity contribution in [2.45, 2.75) is 38.6 Å². The van der Waals surface area contributed by atoms with Gasteiger partial charge >= 0.3 is 6.09 Å². The Morgan fingerprint density at radius 3 is 2.63 bits per heavy atom. The molecule has 1 unspecified atom stereocenters. The van der Waals surface area contributed by atoms with Gasteiger partial charge in [0.05, 0.1) is 13.7 Å². The van der Waals surface area contributed by atoms with Crippen LogP contribution in [0.4, 0.5) is 22.1 Å². The van der Waals surface area contributed by atoms with Crippen molar-refractivity contribution in [3.8, 4) is 5.82 Å². The second kappa shape index (κ2) is 11.1. The highest BCUT2D eigenvalue weighted by Gasteiger charge is 2.23. The first-order chi connectivity index (χ1) is 20.0. The summed E-state index contributed by atoms with van der Waals surface area (Å²) < 4.78 is 8.22. The number of nitrogens with one attached hydrogen (secondary N) is 1. The molecule has 1 N–H and O–H groups in total. The molecule has 0 saturated carbocycles. The third-order valence-corrected chi connectivity index (χ3v) is 7.94. The minimum absolute atomic E-state index is 0.185. The maximum atomic E-state index is 13.3. The molecule has 6 rings (SSSR count). The Bertz CT molecular complexity index is 1650. The largest absolute Gasteiger partial charge is 0.453 e. The van der Waals surface area contributed by atoms with Crippen LogP contribution in [0.15, 0.2) is 60.0 Å². The van der Waals surface area contributed by atoms with E-state index in [9.17, 15) is 9.59 Å². The quantitative estimate of drug-likeness (QED) is 0.353. The number of carbonyl (C=O) groups is 1. The highest BCUT2D eigenvalue weighted by Crippen LogP contribution is 2.31. The number of anilines is 3. The summed E-state index contributed by atoms with van der Waals surface area (Å²) in [4.78, 5) is 43.3. The van der Waals surface area contributed by atoms with E-state index < -0.39 is 0 Å². The molecule has 1 atom stereocenters. The summed E-state index contributed by atoms with van der Waals surface area (Å²) in [6, 6.07) is 12.1. The standard InChI is InChI=1S/C30H34N8O3/c1-4-14-37-28(39)24-19-31-29(34-27(24)38(37)25-13-8-21-7-5-6-20(2)26(21)33-25)32-22-9-11-23(12-10-22)35-15-17-36(18-16-35)30(40)41-3/h4,8-13,19-20H,1,5-7,14-18H2,2-3H3,(H,31,32,34). The number of aromatic nitrogens is 5. The molecule has 11 heteroatoms. The molecule has 4 aromatic rings. The highest BCUT2D eigenvalue weighted by molar-refractivity contribution is 5.77. The first-order valence-electron chi connectivity index (χ1n) is 14.0. The molecule has 0 bridgehead atoms. The predicted octanol–water partition coefficient (Wildman–Crippen LogP) is 4.24. The fourth-order valence-electron chi connectivity index (χ4n) is 5.75. The molecule has 1 aliphatic carbocycles. The number of hydrogen-bond donors (Lipinski definition) is 1. The van der Waals surface area contributed by atoms with Crippen molar-refractivity contribution in [1.82, 2.24) is 29.2 Å². The summed E-state index contributed by atoms with van der Waals surface area (Å²) in [5.74, 6) is 1.41. The lowest BCUT2D eigenvalue weighted by molar-refractivity contribution is 0.121. The van der Waals surface area contributed by atoms with Crippen LogP contribution in [-0.2, 0) is 17.7 Å². The number of ether oxygens (including phenoxy) is 1. The van der Waals surface area contributed by atoms with Crippen molar-refractivity contribution in [2.24, 2.45) is 0 Å². The Kier molecular flexibility index (Phi) is 7.17. The third-order valence-electron chi connectivity index (χ3n) is 7.94. The zero-order valence-electron chi connectivity index (χ0n) is 23.4. The van der Waals surface area contributed by atoms with Crippen molar-refractivity contribution in [3.05, 3.63) is 76.9 Å². The second-order valence-electron chi connectivity index (χ2n) is 10.5. The van der Waals surface area contributed by atoms with Crippen LogP contribution < -0.4 is 15.8 Å². The molecule has 0 radical (unpaired) electrons. The highest BCUT2D eigenvalue weighted by atomic mass is 16.5. The van der Waals surface area contributed by atoms with Gasteiger partial charge in [-0.2, -0.15) is 4.98 Å². The Morgan fingerprint density at radius 1 is 1.12 bits per heavy atom. The van der Waals surface area contributed by atoms with E-state index in [1.54, 1.807) is 26.5 Å². The van der Waals surface area contributed by atoms with Gasteiger partial charge in [-0.15, -0.1) is 6.58 Å². The van der Waals surface area contributed by atoms with E-state index in [4.69, 9.17) is 14.7 Å². The SMILES string of the molecule is C=CCn1c(=O)c2cnc(Nc3ccc(N4CCN(C(=O)OC)CC4)cc3)nc2n1-c1ccc2c(n1)C(C)CCC2. The number of benzene rings is 1. The number of piperazine rings is 1. The number of aryl methyl sites for hydroxylation is 1. The lowest BCUT2D eigenvalue weighted by Crippen LogP contribution is -2.48. The van der Waals surface area contributed by atoms with Crippen LogP contribution in [0.3, 0.4) is 0 Å². The van der Waals surface area contributed by atoms with Gasteiger partial charge in [0.25, 0.3) is 5.56 Å². The van der Waals surface area contributed by atoms with Crippen molar-refractivity contribution >= 4 is 34.4 Å². The van der Waals surface area contributed by atoms with Crippen LogP contribution in [0.25, 0.3) is 16.9 Å². The summed E-state index contributed by atoms with van der Waals surface area (Å²) in [6.07, 6.45) is 6.27. The number of amides is 1. The molecule has 1 saturated heterocycles. The number of pyridine rings is 1. The normalized spacial score (nSPS) is 16.9. The first kappa shape index (κ1) is 26.5. The van der Waals surface area contributed by atoms with Crippen LogP contribution in [-0.4, -0.2) is 68.6 Å². The van der Waals surface area contributed by atoms with E-state index in [-0.39, 0.29) is 11.7 Å².